The van der Waals surface area contributed by atoms with Gasteiger partial charge in [-0.15, -0.1) is 0 Å². The number of amides is 3. The number of hydrogen-bond acceptors (Lipinski definition) is 6. The number of hydrogen-bond donors (Lipinski definition) is 5. The molecular weight excluding hydrogens is 534 g/mol. The van der Waals surface area contributed by atoms with Gasteiger partial charge in [-0.2, -0.15) is 0 Å². The van der Waals surface area contributed by atoms with Crippen molar-refractivity contribution < 1.29 is 24.3 Å². The van der Waals surface area contributed by atoms with E-state index in [1.165, 1.54) is 25.7 Å². The number of likely N-dealkylation sites (N-methyl/N-ethyl adjacent to an activating group) is 2. The highest BCUT2D eigenvalue weighted by Crippen LogP contribution is 2.18. The Kier molecular flexibility index (Phi) is 36.6. The third kappa shape index (κ3) is 27.7. The monoisotopic (exact) mass is 602 g/mol. The fourth-order valence-corrected chi connectivity index (χ4v) is 3.91. The molecule has 1 fully saturated rings. The van der Waals surface area contributed by atoms with E-state index >= 15 is 0 Å². The van der Waals surface area contributed by atoms with Crippen molar-refractivity contribution in [2.24, 2.45) is 11.3 Å². The number of likely N-dealkylation sites (tertiary alicyclic amines) is 1. The van der Waals surface area contributed by atoms with Crippen LogP contribution in [0.3, 0.4) is 0 Å². The van der Waals surface area contributed by atoms with Crippen LogP contribution < -0.4 is 21.3 Å². The molecule has 3 atom stereocenters. The summed E-state index contributed by atoms with van der Waals surface area (Å²) >= 11 is 0. The molecule has 250 valence electrons. The Hall–Kier alpha value is -2.46. The zero-order chi connectivity index (χ0) is 33.4. The van der Waals surface area contributed by atoms with Crippen LogP contribution in [0.5, 0.6) is 0 Å². The first-order valence-electron chi connectivity index (χ1n) is 15.9. The van der Waals surface area contributed by atoms with Gasteiger partial charge in [-0.3, -0.25) is 14.5 Å². The summed E-state index contributed by atoms with van der Waals surface area (Å²) in [4.78, 5) is 44.2. The van der Waals surface area contributed by atoms with E-state index < -0.39 is 0 Å². The standard InChI is InChI=1S/C17H32N2O.C10H21N3O2.2C2H6.CH2O2/c1-4-6-7-8-9-11-15(3)14-18-17(20)16-12-10-13-19(16)5-2;1-10(2,3)8(7-11-4)13-9(15)12-5-6-14;2*1-2;2-1-3/h9,11,15-16H,4-8,10,12-14H2,1-3H3,(H,18,20);6,8,11H,5,7H2,1-4H3,(H2,12,13,15);2*1-2H3;1H,(H,2,3)/b11-9-;;;;/t15?,16-;8-;;;/m01.../s1. The van der Waals surface area contributed by atoms with E-state index in [0.29, 0.717) is 18.7 Å². The number of allylic oxidation sites excluding steroid dienone is 1. The lowest BCUT2D eigenvalue weighted by Gasteiger charge is -2.31. The van der Waals surface area contributed by atoms with Crippen molar-refractivity contribution in [3.8, 4) is 0 Å². The molecule has 1 saturated heterocycles. The van der Waals surface area contributed by atoms with Crippen molar-refractivity contribution in [2.45, 2.75) is 120 Å². The van der Waals surface area contributed by atoms with Crippen LogP contribution in [0.2, 0.25) is 0 Å². The van der Waals surface area contributed by atoms with Crippen LogP contribution in [0.25, 0.3) is 0 Å². The third-order valence-electron chi connectivity index (χ3n) is 6.21. The fourth-order valence-electron chi connectivity index (χ4n) is 3.91. The first kappa shape index (κ1) is 46.5. The first-order valence-corrected chi connectivity index (χ1v) is 15.9. The molecule has 1 heterocycles. The Morgan fingerprint density at radius 1 is 1.02 bits per heavy atom. The van der Waals surface area contributed by atoms with Crippen LogP contribution in [0.1, 0.15) is 108 Å². The SMILES string of the molecule is CC.CC.CCCCC/C=C\C(C)CNC(=O)[C@@H]1CCCN1CC.CNC[C@@H](NC(=O)NCC=O)C(C)(C)C.O=CO. The Balaban J connectivity index is -0.000000290. The number of carbonyl (C=O) groups excluding carboxylic acids is 3. The van der Waals surface area contributed by atoms with Gasteiger partial charge in [-0.25, -0.2) is 4.79 Å². The molecule has 42 heavy (non-hydrogen) atoms. The smallest absolute Gasteiger partial charge is 0.315 e. The number of rotatable bonds is 14. The topological polar surface area (TPSA) is 140 Å². The highest BCUT2D eigenvalue weighted by atomic mass is 16.3. The number of aldehydes is 1. The van der Waals surface area contributed by atoms with Crippen molar-refractivity contribution >= 4 is 24.7 Å². The molecule has 0 aromatic heterocycles. The van der Waals surface area contributed by atoms with Gasteiger partial charge in [-0.05, 0) is 57.2 Å². The normalized spacial score (nSPS) is 15.5. The van der Waals surface area contributed by atoms with Crippen molar-refractivity contribution in [3.63, 3.8) is 0 Å². The summed E-state index contributed by atoms with van der Waals surface area (Å²) in [5, 5.41) is 18.3. The third-order valence-corrected chi connectivity index (χ3v) is 6.21. The van der Waals surface area contributed by atoms with Crippen LogP contribution >= 0.6 is 0 Å². The molecule has 0 aromatic carbocycles. The van der Waals surface area contributed by atoms with Gasteiger partial charge in [0.1, 0.15) is 6.29 Å². The molecule has 1 rings (SSSR count). The molecule has 10 nitrogen and oxygen atoms in total. The maximum absolute atomic E-state index is 12.2. The molecule has 0 bridgehead atoms. The van der Waals surface area contributed by atoms with E-state index in [1.54, 1.807) is 0 Å². The summed E-state index contributed by atoms with van der Waals surface area (Å²) in [5.74, 6) is 0.646. The molecule has 0 aromatic rings. The number of urea groups is 1. The van der Waals surface area contributed by atoms with E-state index in [9.17, 15) is 14.4 Å². The second-order valence-electron chi connectivity index (χ2n) is 10.5. The Labute approximate surface area is 258 Å². The molecule has 10 heteroatoms. The van der Waals surface area contributed by atoms with E-state index in [4.69, 9.17) is 9.90 Å². The van der Waals surface area contributed by atoms with Crippen LogP contribution in [-0.4, -0.2) is 86.6 Å². The van der Waals surface area contributed by atoms with Gasteiger partial charge in [-0.1, -0.05) is 94.2 Å². The number of carboxylic acid groups (broad SMARTS) is 1. The summed E-state index contributed by atoms with van der Waals surface area (Å²) in [6.45, 7) is 24.0. The van der Waals surface area contributed by atoms with Crippen LogP contribution in [0.15, 0.2) is 12.2 Å². The molecule has 1 aliphatic rings. The zero-order valence-corrected chi connectivity index (χ0v) is 28.8. The van der Waals surface area contributed by atoms with Gasteiger partial charge in [0.15, 0.2) is 0 Å². The van der Waals surface area contributed by atoms with Gasteiger partial charge in [0.05, 0.1) is 12.6 Å². The minimum Gasteiger partial charge on any atom is -0.483 e. The fraction of sp³-hybridized carbons (Fsp3) is 0.812. The maximum atomic E-state index is 12.2. The number of carbonyl (C=O) groups is 4. The van der Waals surface area contributed by atoms with E-state index in [0.717, 1.165) is 32.5 Å². The summed E-state index contributed by atoms with van der Waals surface area (Å²) < 4.78 is 0. The molecular formula is C32H67N5O5. The molecule has 0 saturated carbocycles. The summed E-state index contributed by atoms with van der Waals surface area (Å²) in [6.07, 6.45) is 12.3. The van der Waals surface area contributed by atoms with Gasteiger partial charge < -0.3 is 31.2 Å². The van der Waals surface area contributed by atoms with Crippen LogP contribution in [0, 0.1) is 11.3 Å². The lowest BCUT2D eigenvalue weighted by molar-refractivity contribution is -0.125. The van der Waals surface area contributed by atoms with E-state index in [-0.39, 0.29) is 42.5 Å². The van der Waals surface area contributed by atoms with Crippen LogP contribution in [0.4, 0.5) is 4.79 Å². The zero-order valence-electron chi connectivity index (χ0n) is 28.8. The van der Waals surface area contributed by atoms with Crippen molar-refractivity contribution in [3.05, 3.63) is 12.2 Å². The van der Waals surface area contributed by atoms with E-state index in [1.807, 2.05) is 34.7 Å². The predicted octanol–water partition coefficient (Wildman–Crippen LogP) is 5.23. The molecule has 0 aliphatic carbocycles. The number of nitrogens with zero attached hydrogens (tertiary/aromatic N) is 1. The van der Waals surface area contributed by atoms with Gasteiger partial charge >= 0.3 is 6.03 Å². The number of unbranched alkanes of at least 4 members (excludes halogenated alkanes) is 3. The Morgan fingerprint density at radius 2 is 1.62 bits per heavy atom. The molecule has 0 spiro atoms. The highest BCUT2D eigenvalue weighted by Gasteiger charge is 2.29. The Morgan fingerprint density at radius 3 is 2.10 bits per heavy atom. The van der Waals surface area contributed by atoms with Gasteiger partial charge in [0.2, 0.25) is 5.91 Å². The maximum Gasteiger partial charge on any atom is 0.315 e. The second kappa shape index (κ2) is 33.0. The minimum atomic E-state index is -0.308. The van der Waals surface area contributed by atoms with Crippen molar-refractivity contribution in [1.82, 2.24) is 26.2 Å². The largest absolute Gasteiger partial charge is 0.483 e. The van der Waals surface area contributed by atoms with Crippen LogP contribution in [-0.2, 0) is 14.4 Å². The molecule has 5 N–H and O–H groups in total. The molecule has 3 amide bonds. The van der Waals surface area contributed by atoms with Gasteiger partial charge in [0, 0.05) is 19.1 Å². The first-order chi connectivity index (χ1) is 20.0. The average molecular weight is 602 g/mol. The highest BCUT2D eigenvalue weighted by molar-refractivity contribution is 5.82. The van der Waals surface area contributed by atoms with Gasteiger partial charge in [0.25, 0.3) is 6.47 Å². The predicted molar refractivity (Wildman–Crippen MR) is 177 cm³/mol. The summed E-state index contributed by atoms with van der Waals surface area (Å²) in [7, 11) is 1.84. The second-order valence-corrected chi connectivity index (χ2v) is 10.5. The van der Waals surface area contributed by atoms with Crippen molar-refractivity contribution in [2.75, 3.05) is 39.8 Å². The Bertz CT molecular complexity index is 668. The number of nitrogens with one attached hydrogen (secondary N) is 4. The average Bonchev–Trinajstić information content (AvgIpc) is 3.46. The lowest BCUT2D eigenvalue weighted by atomic mass is 9.87. The molecule has 1 unspecified atom stereocenters. The molecule has 1 aliphatic heterocycles. The summed E-state index contributed by atoms with van der Waals surface area (Å²) in [6, 6.07) is -0.174. The quantitative estimate of drug-likeness (QED) is 0.104. The van der Waals surface area contributed by atoms with E-state index in [2.05, 4.69) is 79.9 Å². The molecule has 0 radical (unpaired) electrons. The minimum absolute atomic E-state index is 0.0224. The lowest BCUT2D eigenvalue weighted by Crippen LogP contribution is -2.52. The summed E-state index contributed by atoms with van der Waals surface area (Å²) in [5.41, 5.74) is -0.0263. The van der Waals surface area contributed by atoms with Crippen molar-refractivity contribution in [1.29, 1.82) is 0 Å².